The highest BCUT2D eigenvalue weighted by Gasteiger charge is 2.31. The minimum Gasteiger partial charge on any atom is -0.389 e. The third-order valence-electron chi connectivity index (χ3n) is 5.16. The van der Waals surface area contributed by atoms with E-state index in [2.05, 4.69) is 19.2 Å². The molecule has 0 radical (unpaired) electrons. The highest BCUT2D eigenvalue weighted by Crippen LogP contribution is 2.31. The van der Waals surface area contributed by atoms with Crippen LogP contribution in [0.1, 0.15) is 71.6 Å². The Morgan fingerprint density at radius 3 is 2.50 bits per heavy atom. The molecule has 2 N–H and O–H groups in total. The molecular formula is C16H31NO. The predicted molar refractivity (Wildman–Crippen MR) is 76.6 cm³/mol. The van der Waals surface area contributed by atoms with Gasteiger partial charge in [0.15, 0.2) is 0 Å². The zero-order chi connectivity index (χ0) is 13.0. The minimum absolute atomic E-state index is 0.400. The molecule has 0 aromatic carbocycles. The molecule has 106 valence electrons. The molecular weight excluding hydrogens is 222 g/mol. The van der Waals surface area contributed by atoms with E-state index in [-0.39, 0.29) is 0 Å². The van der Waals surface area contributed by atoms with E-state index in [1.165, 1.54) is 44.9 Å². The van der Waals surface area contributed by atoms with Gasteiger partial charge in [-0.15, -0.1) is 0 Å². The first-order valence-electron chi connectivity index (χ1n) is 8.05. The molecule has 2 unspecified atom stereocenters. The summed E-state index contributed by atoms with van der Waals surface area (Å²) in [7, 11) is 0. The van der Waals surface area contributed by atoms with E-state index in [1.54, 1.807) is 0 Å². The van der Waals surface area contributed by atoms with Gasteiger partial charge in [0.2, 0.25) is 0 Å². The summed E-state index contributed by atoms with van der Waals surface area (Å²) < 4.78 is 0. The standard InChI is InChI=1S/C16H31NO/c1-13(2)14-7-6-8-15(11-14)17-12-16(18)9-4-3-5-10-16/h13-15,17-18H,3-12H2,1-2H3. The molecule has 0 aromatic rings. The second-order valence-electron chi connectivity index (χ2n) is 7.03. The first-order valence-corrected chi connectivity index (χ1v) is 8.05. The van der Waals surface area contributed by atoms with E-state index < -0.39 is 5.60 Å². The van der Waals surface area contributed by atoms with Crippen molar-refractivity contribution in [3.8, 4) is 0 Å². The van der Waals surface area contributed by atoms with E-state index in [0.717, 1.165) is 31.2 Å². The van der Waals surface area contributed by atoms with Crippen LogP contribution in [0.5, 0.6) is 0 Å². The van der Waals surface area contributed by atoms with Gasteiger partial charge >= 0.3 is 0 Å². The van der Waals surface area contributed by atoms with Crippen LogP contribution in [-0.4, -0.2) is 23.3 Å². The van der Waals surface area contributed by atoms with Crippen LogP contribution in [0.2, 0.25) is 0 Å². The highest BCUT2D eigenvalue weighted by molar-refractivity contribution is 4.87. The molecule has 2 aliphatic carbocycles. The average molecular weight is 253 g/mol. The van der Waals surface area contributed by atoms with Crippen LogP contribution in [0.3, 0.4) is 0 Å². The zero-order valence-electron chi connectivity index (χ0n) is 12.3. The van der Waals surface area contributed by atoms with Crippen LogP contribution in [0.15, 0.2) is 0 Å². The van der Waals surface area contributed by atoms with Gasteiger partial charge in [0.1, 0.15) is 0 Å². The smallest absolute Gasteiger partial charge is 0.0771 e. The largest absolute Gasteiger partial charge is 0.389 e. The van der Waals surface area contributed by atoms with Gasteiger partial charge < -0.3 is 10.4 Å². The quantitative estimate of drug-likeness (QED) is 0.804. The van der Waals surface area contributed by atoms with Crippen molar-refractivity contribution in [2.75, 3.05) is 6.54 Å². The van der Waals surface area contributed by atoms with Gasteiger partial charge in [0, 0.05) is 12.6 Å². The van der Waals surface area contributed by atoms with Crippen molar-refractivity contribution in [1.82, 2.24) is 5.32 Å². The summed E-state index contributed by atoms with van der Waals surface area (Å²) in [5.41, 5.74) is -0.400. The first kappa shape index (κ1) is 14.3. The monoisotopic (exact) mass is 253 g/mol. The molecule has 18 heavy (non-hydrogen) atoms. The minimum atomic E-state index is -0.400. The number of hydrogen-bond acceptors (Lipinski definition) is 2. The molecule has 2 saturated carbocycles. The Hall–Kier alpha value is -0.0800. The number of nitrogens with one attached hydrogen (secondary N) is 1. The van der Waals surface area contributed by atoms with E-state index in [4.69, 9.17) is 0 Å². The van der Waals surface area contributed by atoms with Crippen LogP contribution >= 0.6 is 0 Å². The van der Waals surface area contributed by atoms with E-state index in [9.17, 15) is 5.11 Å². The van der Waals surface area contributed by atoms with Crippen LogP contribution in [0, 0.1) is 11.8 Å². The van der Waals surface area contributed by atoms with Gasteiger partial charge in [-0.3, -0.25) is 0 Å². The first-order chi connectivity index (χ1) is 8.59. The molecule has 0 spiro atoms. The lowest BCUT2D eigenvalue weighted by molar-refractivity contribution is 0.000653. The Labute approximate surface area is 113 Å². The molecule has 0 bridgehead atoms. The molecule has 0 aromatic heterocycles. The van der Waals surface area contributed by atoms with Crippen LogP contribution in [-0.2, 0) is 0 Å². The molecule has 2 nitrogen and oxygen atoms in total. The zero-order valence-corrected chi connectivity index (χ0v) is 12.3. The van der Waals surface area contributed by atoms with Crippen molar-refractivity contribution >= 4 is 0 Å². The Bertz CT molecular complexity index is 245. The van der Waals surface area contributed by atoms with Crippen molar-refractivity contribution in [1.29, 1.82) is 0 Å². The fourth-order valence-electron chi connectivity index (χ4n) is 3.74. The molecule has 2 heteroatoms. The number of rotatable bonds is 4. The molecule has 2 rings (SSSR count). The Kier molecular flexibility index (Phi) is 5.08. The fraction of sp³-hybridized carbons (Fsp3) is 1.00. The van der Waals surface area contributed by atoms with Crippen molar-refractivity contribution in [2.45, 2.75) is 83.3 Å². The van der Waals surface area contributed by atoms with E-state index in [0.29, 0.717) is 6.04 Å². The lowest BCUT2D eigenvalue weighted by Gasteiger charge is -2.37. The maximum Gasteiger partial charge on any atom is 0.0771 e. The topological polar surface area (TPSA) is 32.3 Å². The Morgan fingerprint density at radius 1 is 1.11 bits per heavy atom. The van der Waals surface area contributed by atoms with E-state index in [1.807, 2.05) is 0 Å². The SMILES string of the molecule is CC(C)C1CCCC(NCC2(O)CCCCC2)C1. The molecule has 2 fully saturated rings. The van der Waals surface area contributed by atoms with Gasteiger partial charge in [-0.05, 0) is 37.5 Å². The summed E-state index contributed by atoms with van der Waals surface area (Å²) in [4.78, 5) is 0. The maximum atomic E-state index is 10.5. The molecule has 2 aliphatic rings. The molecule has 0 aliphatic heterocycles. The summed E-state index contributed by atoms with van der Waals surface area (Å²) in [6.45, 7) is 5.52. The van der Waals surface area contributed by atoms with Crippen molar-refractivity contribution in [3.63, 3.8) is 0 Å². The molecule has 0 heterocycles. The lowest BCUT2D eigenvalue weighted by Crippen LogP contribution is -2.47. The van der Waals surface area contributed by atoms with Gasteiger partial charge in [0.25, 0.3) is 0 Å². The molecule has 0 amide bonds. The van der Waals surface area contributed by atoms with Gasteiger partial charge in [-0.1, -0.05) is 46.0 Å². The molecule has 0 saturated heterocycles. The maximum absolute atomic E-state index is 10.5. The van der Waals surface area contributed by atoms with Crippen LogP contribution < -0.4 is 5.32 Å². The van der Waals surface area contributed by atoms with Crippen molar-refractivity contribution in [3.05, 3.63) is 0 Å². The van der Waals surface area contributed by atoms with Gasteiger partial charge in [0.05, 0.1) is 5.60 Å². The highest BCUT2D eigenvalue weighted by atomic mass is 16.3. The van der Waals surface area contributed by atoms with E-state index >= 15 is 0 Å². The summed E-state index contributed by atoms with van der Waals surface area (Å²) in [6.07, 6.45) is 11.1. The lowest BCUT2D eigenvalue weighted by atomic mass is 9.78. The summed E-state index contributed by atoms with van der Waals surface area (Å²) in [5.74, 6) is 1.70. The van der Waals surface area contributed by atoms with Gasteiger partial charge in [-0.25, -0.2) is 0 Å². The number of hydrogen-bond donors (Lipinski definition) is 2. The van der Waals surface area contributed by atoms with Crippen LogP contribution in [0.25, 0.3) is 0 Å². The Morgan fingerprint density at radius 2 is 1.83 bits per heavy atom. The normalized spacial score (nSPS) is 32.7. The van der Waals surface area contributed by atoms with Gasteiger partial charge in [-0.2, -0.15) is 0 Å². The fourth-order valence-corrected chi connectivity index (χ4v) is 3.74. The predicted octanol–water partition coefficient (Wildman–Crippen LogP) is 3.49. The van der Waals surface area contributed by atoms with Crippen molar-refractivity contribution < 1.29 is 5.11 Å². The summed E-state index contributed by atoms with van der Waals surface area (Å²) in [5, 5.41) is 14.2. The molecule has 2 atom stereocenters. The van der Waals surface area contributed by atoms with Crippen LogP contribution in [0.4, 0.5) is 0 Å². The second kappa shape index (κ2) is 6.38. The Balaban J connectivity index is 1.75. The second-order valence-corrected chi connectivity index (χ2v) is 7.03. The third-order valence-corrected chi connectivity index (χ3v) is 5.16. The third kappa shape index (κ3) is 3.96. The summed E-state index contributed by atoms with van der Waals surface area (Å²) in [6, 6.07) is 0.650. The summed E-state index contributed by atoms with van der Waals surface area (Å²) >= 11 is 0. The van der Waals surface area contributed by atoms with Crippen molar-refractivity contribution in [2.24, 2.45) is 11.8 Å². The average Bonchev–Trinajstić information content (AvgIpc) is 2.38. The number of aliphatic hydroxyl groups is 1.